The first-order valence-corrected chi connectivity index (χ1v) is 10.1. The van der Waals surface area contributed by atoms with Gasteiger partial charge in [-0.2, -0.15) is 0 Å². The minimum atomic E-state index is 0.441. The van der Waals surface area contributed by atoms with E-state index in [1.54, 1.807) is 0 Å². The van der Waals surface area contributed by atoms with Crippen molar-refractivity contribution in [1.29, 1.82) is 0 Å². The lowest BCUT2D eigenvalue weighted by Gasteiger charge is -2.14. The second kappa shape index (κ2) is 6.83. The second-order valence-electron chi connectivity index (χ2n) is 7.14. The van der Waals surface area contributed by atoms with Crippen molar-refractivity contribution in [1.82, 2.24) is 0 Å². The lowest BCUT2D eigenvalue weighted by molar-refractivity contribution is 0.827. The summed E-state index contributed by atoms with van der Waals surface area (Å²) in [6.07, 6.45) is 1.04. The third kappa shape index (κ3) is 3.02. The molecule has 1 heteroatoms. The quantitative estimate of drug-likeness (QED) is 0.328. The van der Waals surface area contributed by atoms with E-state index in [4.69, 9.17) is 0 Å². The highest BCUT2D eigenvalue weighted by molar-refractivity contribution is 9.10. The van der Waals surface area contributed by atoms with E-state index in [1.807, 2.05) is 0 Å². The highest BCUT2D eigenvalue weighted by Gasteiger charge is 2.27. The minimum Gasteiger partial charge on any atom is -0.0619 e. The Labute approximate surface area is 168 Å². The molecule has 0 radical (unpaired) electrons. The fourth-order valence-corrected chi connectivity index (χ4v) is 4.46. The molecule has 4 aromatic rings. The molecule has 0 heterocycles. The number of benzene rings is 4. The van der Waals surface area contributed by atoms with E-state index in [9.17, 15) is 0 Å². The van der Waals surface area contributed by atoms with E-state index < -0.39 is 0 Å². The van der Waals surface area contributed by atoms with Gasteiger partial charge < -0.3 is 0 Å². The molecular weight excluding hydrogens is 392 g/mol. The van der Waals surface area contributed by atoms with Crippen LogP contribution in [0, 0.1) is 0 Å². The summed E-state index contributed by atoms with van der Waals surface area (Å²) in [4.78, 5) is 0. The normalized spacial score (nSPS) is 12.6. The number of hydrogen-bond donors (Lipinski definition) is 0. The van der Waals surface area contributed by atoms with E-state index in [0.29, 0.717) is 5.92 Å². The first-order valence-electron chi connectivity index (χ1n) is 9.33. The maximum atomic E-state index is 3.51. The van der Waals surface area contributed by atoms with Gasteiger partial charge in [0.15, 0.2) is 0 Å². The number of rotatable bonds is 3. The fourth-order valence-electron chi connectivity index (χ4n) is 4.19. The van der Waals surface area contributed by atoms with Crippen LogP contribution in [0.15, 0.2) is 102 Å². The van der Waals surface area contributed by atoms with Gasteiger partial charge >= 0.3 is 0 Å². The first-order chi connectivity index (χ1) is 13.3. The smallest absolute Gasteiger partial charge is 0.0175 e. The Balaban J connectivity index is 1.46. The summed E-state index contributed by atoms with van der Waals surface area (Å²) >= 11 is 3.51. The van der Waals surface area contributed by atoms with Gasteiger partial charge in [-0.25, -0.2) is 0 Å². The summed E-state index contributed by atoms with van der Waals surface area (Å²) in [5.74, 6) is 0.441. The van der Waals surface area contributed by atoms with Gasteiger partial charge in [0.05, 0.1) is 0 Å². The van der Waals surface area contributed by atoms with Crippen molar-refractivity contribution in [2.75, 3.05) is 0 Å². The van der Waals surface area contributed by atoms with Crippen LogP contribution in [0.3, 0.4) is 0 Å². The lowest BCUT2D eigenvalue weighted by Crippen LogP contribution is -2.01. The molecule has 1 aliphatic rings. The molecule has 0 amide bonds. The predicted octanol–water partition coefficient (Wildman–Crippen LogP) is 7.47. The highest BCUT2D eigenvalue weighted by atomic mass is 79.9. The zero-order chi connectivity index (χ0) is 18.2. The Morgan fingerprint density at radius 2 is 1.04 bits per heavy atom. The van der Waals surface area contributed by atoms with Crippen LogP contribution in [0.2, 0.25) is 0 Å². The van der Waals surface area contributed by atoms with Crippen LogP contribution < -0.4 is 0 Å². The van der Waals surface area contributed by atoms with Crippen LogP contribution in [-0.2, 0) is 6.42 Å². The summed E-state index contributed by atoms with van der Waals surface area (Å²) in [6, 6.07) is 35.2. The van der Waals surface area contributed by atoms with Crippen molar-refractivity contribution in [3.05, 3.63) is 118 Å². The number of halogens is 1. The van der Waals surface area contributed by atoms with Gasteiger partial charge in [0, 0.05) is 10.4 Å². The highest BCUT2D eigenvalue weighted by Crippen LogP contribution is 2.45. The molecule has 0 aromatic heterocycles. The molecule has 5 rings (SSSR count). The first kappa shape index (κ1) is 16.5. The average molecular weight is 411 g/mol. The van der Waals surface area contributed by atoms with Crippen LogP contribution in [0.25, 0.3) is 22.3 Å². The van der Waals surface area contributed by atoms with Crippen molar-refractivity contribution in [3.63, 3.8) is 0 Å². The van der Waals surface area contributed by atoms with E-state index in [0.717, 1.165) is 10.9 Å². The van der Waals surface area contributed by atoms with Crippen molar-refractivity contribution < 1.29 is 0 Å². The average Bonchev–Trinajstić information content (AvgIpc) is 3.04. The van der Waals surface area contributed by atoms with E-state index in [-0.39, 0.29) is 0 Å². The van der Waals surface area contributed by atoms with Gasteiger partial charge in [0.25, 0.3) is 0 Å². The Hall–Kier alpha value is -2.64. The third-order valence-electron chi connectivity index (χ3n) is 5.53. The lowest BCUT2D eigenvalue weighted by atomic mass is 9.89. The van der Waals surface area contributed by atoms with E-state index in [1.165, 1.54) is 38.9 Å². The molecule has 27 heavy (non-hydrogen) atoms. The van der Waals surface area contributed by atoms with E-state index in [2.05, 4.69) is 113 Å². The summed E-state index contributed by atoms with van der Waals surface area (Å²) in [5.41, 5.74) is 9.59. The molecule has 0 saturated heterocycles. The SMILES string of the molecule is Brc1ccc(-c2ccc(CC3c4ccccc4-c4ccccc43)cc2)cc1. The number of fused-ring (bicyclic) bond motifs is 3. The maximum Gasteiger partial charge on any atom is 0.0175 e. The summed E-state index contributed by atoms with van der Waals surface area (Å²) in [6.45, 7) is 0. The molecular formula is C26H19Br. The molecule has 0 atom stereocenters. The van der Waals surface area contributed by atoms with Gasteiger partial charge in [-0.05, 0) is 57.5 Å². The molecule has 0 N–H and O–H groups in total. The van der Waals surface area contributed by atoms with Crippen LogP contribution in [-0.4, -0.2) is 0 Å². The van der Waals surface area contributed by atoms with Crippen molar-refractivity contribution in [2.45, 2.75) is 12.3 Å². The molecule has 0 nitrogen and oxygen atoms in total. The van der Waals surface area contributed by atoms with Crippen LogP contribution in [0.4, 0.5) is 0 Å². The zero-order valence-electron chi connectivity index (χ0n) is 14.9. The van der Waals surface area contributed by atoms with Gasteiger partial charge in [-0.15, -0.1) is 0 Å². The zero-order valence-corrected chi connectivity index (χ0v) is 16.5. The Morgan fingerprint density at radius 3 is 1.59 bits per heavy atom. The maximum absolute atomic E-state index is 3.51. The fraction of sp³-hybridized carbons (Fsp3) is 0.0769. The Morgan fingerprint density at radius 1 is 0.556 bits per heavy atom. The van der Waals surface area contributed by atoms with Crippen LogP contribution >= 0.6 is 15.9 Å². The summed E-state index contributed by atoms with van der Waals surface area (Å²) in [7, 11) is 0. The van der Waals surface area contributed by atoms with Crippen LogP contribution in [0.1, 0.15) is 22.6 Å². The minimum absolute atomic E-state index is 0.441. The molecule has 0 aliphatic heterocycles. The second-order valence-corrected chi connectivity index (χ2v) is 8.05. The molecule has 0 spiro atoms. The Bertz CT molecular complexity index is 1050. The van der Waals surface area contributed by atoms with Crippen LogP contribution in [0.5, 0.6) is 0 Å². The van der Waals surface area contributed by atoms with Gasteiger partial charge in [0.2, 0.25) is 0 Å². The molecule has 1 aliphatic carbocycles. The third-order valence-corrected chi connectivity index (χ3v) is 6.06. The molecule has 0 saturated carbocycles. The monoisotopic (exact) mass is 410 g/mol. The molecule has 4 aromatic carbocycles. The van der Waals surface area contributed by atoms with E-state index >= 15 is 0 Å². The van der Waals surface area contributed by atoms with Crippen molar-refractivity contribution >= 4 is 15.9 Å². The predicted molar refractivity (Wildman–Crippen MR) is 117 cm³/mol. The number of hydrogen-bond acceptors (Lipinski definition) is 0. The van der Waals surface area contributed by atoms with Crippen molar-refractivity contribution in [2.24, 2.45) is 0 Å². The summed E-state index contributed by atoms with van der Waals surface area (Å²) < 4.78 is 1.11. The van der Waals surface area contributed by atoms with Crippen molar-refractivity contribution in [3.8, 4) is 22.3 Å². The topological polar surface area (TPSA) is 0 Å². The van der Waals surface area contributed by atoms with Gasteiger partial charge in [0.1, 0.15) is 0 Å². The van der Waals surface area contributed by atoms with Gasteiger partial charge in [-0.1, -0.05) is 101 Å². The molecule has 0 unspecified atom stereocenters. The van der Waals surface area contributed by atoms with Gasteiger partial charge in [-0.3, -0.25) is 0 Å². The molecule has 130 valence electrons. The largest absolute Gasteiger partial charge is 0.0619 e. The molecule has 0 bridgehead atoms. The summed E-state index contributed by atoms with van der Waals surface area (Å²) in [5, 5.41) is 0. The standard InChI is InChI=1S/C26H19Br/c27-21-15-13-20(14-16-21)19-11-9-18(10-12-19)17-26-24-7-3-1-5-22(24)23-6-2-4-8-25(23)26/h1-16,26H,17H2. The molecule has 0 fully saturated rings. The Kier molecular flexibility index (Phi) is 4.18.